The van der Waals surface area contributed by atoms with E-state index >= 15 is 0 Å². The van der Waals surface area contributed by atoms with E-state index in [2.05, 4.69) is 102 Å². The van der Waals surface area contributed by atoms with Crippen LogP contribution in [-0.4, -0.2) is 56.2 Å². The van der Waals surface area contributed by atoms with Gasteiger partial charge in [0.1, 0.15) is 63.2 Å². The van der Waals surface area contributed by atoms with Crippen LogP contribution in [0.1, 0.15) is 133 Å². The van der Waals surface area contributed by atoms with Gasteiger partial charge in [0, 0.05) is 33.9 Å². The first-order valence-electron chi connectivity index (χ1n) is 38.7. The molecule has 11 nitrogen and oxygen atoms in total. The number of benzene rings is 16. The molecule has 0 saturated carbocycles. The molecule has 11 N–H and O–H groups in total. The Hall–Kier alpha value is -14.2. The lowest BCUT2D eigenvalue weighted by Crippen LogP contribution is -2.18. The highest BCUT2D eigenvalue weighted by atomic mass is 16.3. The van der Waals surface area contributed by atoms with E-state index in [4.69, 9.17) is 0 Å². The third kappa shape index (κ3) is 24.9. The van der Waals surface area contributed by atoms with Gasteiger partial charge < -0.3 is 56.2 Å². The summed E-state index contributed by atoms with van der Waals surface area (Å²) in [4.78, 5) is 0. The Bertz CT molecular complexity index is 5250. The zero-order valence-electron chi connectivity index (χ0n) is 66.0. The standard InChI is InChI=1S/C25H20O2.C19H16O3.C16H18O2.C15H16O2.2C10H8O.C10H14.CH4/c26-23-14-10-21(11-15-23)25(22-12-16-24(27)17-13-22)20-8-6-19(7-9-20)18-4-2-1-3-5-18;20-16-7-1-13(2-8-16)19(14-3-9-17(21)10-4-14)15-5-11-18(22)12-6-15;1-11(2)16(12-3-7-14(17)8-4-12)13-5-9-15(18)10-6-13;1-15(2,11-3-7-13(16)8-4-11)12-5-9-14(17)10-6-12;2*11-10-7-3-5-8-4-1-2-6-9(8)10;1-3-9-5-7-10(4-2)8-6-9;/h1-17,25-27H;1-12,19-22H;3-11,16-18H,1-2H3;3-10,16-17H,1-2H3;2*1-7,11H;5-8H,3-4H2,1-2H3;1H4. The van der Waals surface area contributed by atoms with Gasteiger partial charge in [-0.1, -0.05) is 310 Å². The minimum absolute atomic E-state index is 0. The first kappa shape index (κ1) is 86.8. The summed E-state index contributed by atoms with van der Waals surface area (Å²) in [5.74, 6) is 3.68. The van der Waals surface area contributed by atoms with Gasteiger partial charge in [-0.25, -0.2) is 0 Å². The minimum atomic E-state index is -0.151. The van der Waals surface area contributed by atoms with E-state index in [1.807, 2.05) is 200 Å². The second-order valence-corrected chi connectivity index (χ2v) is 29.0. The van der Waals surface area contributed by atoms with E-state index in [1.165, 1.54) is 33.4 Å². The van der Waals surface area contributed by atoms with Crippen molar-refractivity contribution in [2.24, 2.45) is 5.92 Å². The minimum Gasteiger partial charge on any atom is -0.508 e. The molecule has 11 heteroatoms. The van der Waals surface area contributed by atoms with E-state index in [0.717, 1.165) is 78.9 Å². The molecule has 16 rings (SSSR count). The Labute approximate surface area is 687 Å². The predicted molar refractivity (Wildman–Crippen MR) is 479 cm³/mol. The molecule has 0 aromatic heterocycles. The summed E-state index contributed by atoms with van der Waals surface area (Å²) < 4.78 is 0. The summed E-state index contributed by atoms with van der Waals surface area (Å²) in [5, 5.41) is 108. The summed E-state index contributed by atoms with van der Waals surface area (Å²) in [6.07, 6.45) is 2.29. The molecule has 0 heterocycles. The molecule has 117 heavy (non-hydrogen) atoms. The van der Waals surface area contributed by atoms with Crippen molar-refractivity contribution >= 4 is 21.5 Å². The molecule has 0 radical (unpaired) electrons. The number of phenols is 11. The lowest BCUT2D eigenvalue weighted by atomic mass is 9.78. The number of rotatable bonds is 14. The summed E-state index contributed by atoms with van der Waals surface area (Å²) >= 11 is 0. The van der Waals surface area contributed by atoms with Gasteiger partial charge >= 0.3 is 0 Å². The molecule has 0 bridgehead atoms. The molecule has 594 valence electrons. The molecule has 16 aromatic rings. The normalized spacial score (nSPS) is 10.6. The van der Waals surface area contributed by atoms with Crippen LogP contribution in [-0.2, 0) is 18.3 Å². The van der Waals surface area contributed by atoms with Crippen molar-refractivity contribution in [3.05, 3.63) is 449 Å². The summed E-state index contributed by atoms with van der Waals surface area (Å²) in [5.41, 5.74) is 16.1. The van der Waals surface area contributed by atoms with E-state index in [9.17, 15) is 56.2 Å². The van der Waals surface area contributed by atoms with E-state index < -0.39 is 0 Å². The smallest absolute Gasteiger partial charge is 0.123 e. The van der Waals surface area contributed by atoms with Gasteiger partial charge in [0.05, 0.1) is 0 Å². The summed E-state index contributed by atoms with van der Waals surface area (Å²) in [6.45, 7) is 12.9. The second-order valence-electron chi connectivity index (χ2n) is 29.0. The zero-order valence-corrected chi connectivity index (χ0v) is 66.0. The van der Waals surface area contributed by atoms with Crippen LogP contribution in [0.15, 0.2) is 382 Å². The van der Waals surface area contributed by atoms with E-state index in [1.54, 1.807) is 121 Å². The molecule has 0 spiro atoms. The Morgan fingerprint density at radius 3 is 0.709 bits per heavy atom. The topological polar surface area (TPSA) is 223 Å². The molecular formula is C106H104O11. The van der Waals surface area contributed by atoms with Crippen molar-refractivity contribution in [3.8, 4) is 74.4 Å². The molecule has 0 saturated heterocycles. The van der Waals surface area contributed by atoms with Gasteiger partial charge in [-0.3, -0.25) is 0 Å². The molecule has 0 unspecified atom stereocenters. The number of hydrogen-bond acceptors (Lipinski definition) is 11. The number of aryl methyl sites for hydroxylation is 2. The van der Waals surface area contributed by atoms with Crippen LogP contribution in [0.3, 0.4) is 0 Å². The largest absolute Gasteiger partial charge is 0.508 e. The fourth-order valence-corrected chi connectivity index (χ4v) is 13.7. The zero-order chi connectivity index (χ0) is 82.5. The first-order chi connectivity index (χ1) is 56.0. The van der Waals surface area contributed by atoms with Crippen molar-refractivity contribution < 1.29 is 56.2 Å². The average molecular weight is 1550 g/mol. The number of phenolic OH excluding ortho intramolecular Hbond substituents is 11. The van der Waals surface area contributed by atoms with Crippen LogP contribution in [0.25, 0.3) is 32.7 Å². The van der Waals surface area contributed by atoms with Crippen molar-refractivity contribution in [1.29, 1.82) is 0 Å². The Balaban J connectivity index is 0.000000160. The maximum atomic E-state index is 9.65. The van der Waals surface area contributed by atoms with Crippen molar-refractivity contribution in [2.45, 2.75) is 85.0 Å². The van der Waals surface area contributed by atoms with Crippen LogP contribution < -0.4 is 0 Å². The van der Waals surface area contributed by atoms with E-state index in [-0.39, 0.29) is 82.3 Å². The highest BCUT2D eigenvalue weighted by molar-refractivity contribution is 5.88. The van der Waals surface area contributed by atoms with Crippen molar-refractivity contribution in [3.63, 3.8) is 0 Å². The molecule has 0 amide bonds. The second kappa shape index (κ2) is 42.6. The molecule has 0 aliphatic carbocycles. The van der Waals surface area contributed by atoms with Crippen LogP contribution in [0.5, 0.6) is 63.2 Å². The maximum absolute atomic E-state index is 9.65. The number of fused-ring (bicyclic) bond motifs is 2. The fourth-order valence-electron chi connectivity index (χ4n) is 13.7. The number of aromatic hydroxyl groups is 11. The molecular weight excluding hydrogens is 1450 g/mol. The van der Waals surface area contributed by atoms with Gasteiger partial charge in [-0.2, -0.15) is 0 Å². The highest BCUT2D eigenvalue weighted by Gasteiger charge is 2.24. The predicted octanol–water partition coefficient (Wildman–Crippen LogP) is 25.8. The third-order valence-corrected chi connectivity index (χ3v) is 20.2. The van der Waals surface area contributed by atoms with Crippen LogP contribution in [0.4, 0.5) is 0 Å². The summed E-state index contributed by atoms with van der Waals surface area (Å²) in [6, 6.07) is 119. The molecule has 0 aliphatic heterocycles. The highest BCUT2D eigenvalue weighted by Crippen LogP contribution is 2.39. The third-order valence-electron chi connectivity index (χ3n) is 20.2. The SMILES string of the molecule is C.CC(C)(c1ccc(O)cc1)c1ccc(O)cc1.CC(C)C(c1ccc(O)cc1)c1ccc(O)cc1.CCc1ccc(CC)cc1.Oc1ccc(C(c2ccc(O)cc2)c2ccc(-c3ccccc3)cc2)cc1.Oc1ccc(C(c2ccc(O)cc2)c2ccc(O)cc2)cc1.Oc1cccc2ccccc12.Oc1cccc2ccccc12. The van der Waals surface area contributed by atoms with Crippen molar-refractivity contribution in [1.82, 2.24) is 0 Å². The quantitative estimate of drug-likeness (QED) is 0.0460. The van der Waals surface area contributed by atoms with Gasteiger partial charge in [-0.05, 0) is 229 Å². The fraction of sp³-hybridized carbons (Fsp3) is 0.132. The van der Waals surface area contributed by atoms with Gasteiger partial charge in [0.2, 0.25) is 0 Å². The first-order valence-corrected chi connectivity index (χ1v) is 38.7. The number of hydrogen-bond donors (Lipinski definition) is 11. The average Bonchev–Trinajstić information content (AvgIpc) is 1.07. The van der Waals surface area contributed by atoms with Gasteiger partial charge in [0.15, 0.2) is 0 Å². The van der Waals surface area contributed by atoms with E-state index in [0.29, 0.717) is 17.4 Å². The molecule has 0 atom stereocenters. The molecule has 16 aromatic carbocycles. The van der Waals surface area contributed by atoms with Crippen LogP contribution >= 0.6 is 0 Å². The van der Waals surface area contributed by atoms with Crippen molar-refractivity contribution in [2.75, 3.05) is 0 Å². The monoisotopic (exact) mass is 1550 g/mol. The van der Waals surface area contributed by atoms with Crippen LogP contribution in [0, 0.1) is 5.92 Å². The van der Waals surface area contributed by atoms with Gasteiger partial charge in [-0.15, -0.1) is 0 Å². The Morgan fingerprint density at radius 1 is 0.231 bits per heavy atom. The molecule has 0 fully saturated rings. The summed E-state index contributed by atoms with van der Waals surface area (Å²) in [7, 11) is 0. The van der Waals surface area contributed by atoms with Gasteiger partial charge in [0.25, 0.3) is 0 Å². The lowest BCUT2D eigenvalue weighted by Gasteiger charge is -2.26. The molecule has 0 aliphatic rings. The van der Waals surface area contributed by atoms with Crippen LogP contribution in [0.2, 0.25) is 0 Å². The Morgan fingerprint density at radius 2 is 0.453 bits per heavy atom. The lowest BCUT2D eigenvalue weighted by molar-refractivity contribution is 0.472. The maximum Gasteiger partial charge on any atom is 0.123 e. The Kier molecular flexibility index (Phi) is 31.6.